The molecular weight excluding hydrogens is 374 g/mol. The van der Waals surface area contributed by atoms with Crippen molar-refractivity contribution in [1.29, 1.82) is 0 Å². The van der Waals surface area contributed by atoms with Crippen LogP contribution < -0.4 is 10.1 Å². The van der Waals surface area contributed by atoms with Gasteiger partial charge in [-0.15, -0.1) is 11.3 Å². The SMILES string of the molecule is COc1ccc(Cl)cc1Nc1nc(SC)nc2sc3c(c12)CCCC3. The van der Waals surface area contributed by atoms with Crippen molar-refractivity contribution in [2.45, 2.75) is 30.8 Å². The van der Waals surface area contributed by atoms with Crippen molar-refractivity contribution in [2.24, 2.45) is 0 Å². The Morgan fingerprint density at radius 3 is 2.88 bits per heavy atom. The first kappa shape index (κ1) is 16.9. The maximum absolute atomic E-state index is 6.18. The Morgan fingerprint density at radius 2 is 2.08 bits per heavy atom. The highest BCUT2D eigenvalue weighted by Gasteiger charge is 2.21. The zero-order chi connectivity index (χ0) is 17.4. The zero-order valence-corrected chi connectivity index (χ0v) is 16.4. The molecule has 4 nitrogen and oxygen atoms in total. The van der Waals surface area contributed by atoms with Crippen molar-refractivity contribution in [3.05, 3.63) is 33.7 Å². The van der Waals surface area contributed by atoms with E-state index in [0.717, 1.165) is 45.5 Å². The minimum atomic E-state index is 0.658. The summed E-state index contributed by atoms with van der Waals surface area (Å²) in [5, 5.41) is 6.03. The number of thioether (sulfide) groups is 1. The third-order valence-electron chi connectivity index (χ3n) is 4.39. The van der Waals surface area contributed by atoms with Crippen LogP contribution in [-0.2, 0) is 12.8 Å². The molecule has 4 rings (SSSR count). The normalized spacial score (nSPS) is 13.7. The highest BCUT2D eigenvalue weighted by Crippen LogP contribution is 2.41. The molecule has 0 fully saturated rings. The zero-order valence-electron chi connectivity index (χ0n) is 14.1. The average molecular weight is 392 g/mol. The second kappa shape index (κ2) is 7.02. The quantitative estimate of drug-likeness (QED) is 0.456. The van der Waals surface area contributed by atoms with Crippen molar-refractivity contribution in [2.75, 3.05) is 18.7 Å². The van der Waals surface area contributed by atoms with E-state index in [9.17, 15) is 0 Å². The number of methoxy groups -OCH3 is 1. The van der Waals surface area contributed by atoms with E-state index in [2.05, 4.69) is 5.32 Å². The smallest absolute Gasteiger partial charge is 0.190 e. The Bertz CT molecular complexity index is 942. The highest BCUT2D eigenvalue weighted by atomic mass is 35.5. The van der Waals surface area contributed by atoms with Crippen molar-refractivity contribution in [3.8, 4) is 5.75 Å². The van der Waals surface area contributed by atoms with E-state index in [1.54, 1.807) is 30.2 Å². The monoisotopic (exact) mass is 391 g/mol. The van der Waals surface area contributed by atoms with Crippen LogP contribution in [0.25, 0.3) is 10.2 Å². The van der Waals surface area contributed by atoms with Crippen LogP contribution in [0.3, 0.4) is 0 Å². The van der Waals surface area contributed by atoms with Crippen LogP contribution in [-0.4, -0.2) is 23.3 Å². The largest absolute Gasteiger partial charge is 0.495 e. The number of benzene rings is 1. The predicted octanol–water partition coefficient (Wildman–Crippen LogP) is 5.70. The molecule has 130 valence electrons. The van der Waals surface area contributed by atoms with E-state index < -0.39 is 0 Å². The van der Waals surface area contributed by atoms with Crippen LogP contribution in [0.1, 0.15) is 23.3 Å². The molecule has 1 aliphatic carbocycles. The van der Waals surface area contributed by atoms with E-state index in [1.807, 2.05) is 24.5 Å². The molecule has 0 bridgehead atoms. The summed E-state index contributed by atoms with van der Waals surface area (Å²) >= 11 is 9.54. The molecular formula is C18H18ClN3OS2. The lowest BCUT2D eigenvalue weighted by molar-refractivity contribution is 0.417. The summed E-state index contributed by atoms with van der Waals surface area (Å²) in [7, 11) is 1.66. The van der Waals surface area contributed by atoms with Crippen molar-refractivity contribution >= 4 is 56.4 Å². The summed E-state index contributed by atoms with van der Waals surface area (Å²) in [6, 6.07) is 5.55. The Balaban J connectivity index is 1.88. The number of aromatic nitrogens is 2. The number of ether oxygens (including phenoxy) is 1. The molecule has 1 N–H and O–H groups in total. The minimum absolute atomic E-state index is 0.658. The van der Waals surface area contributed by atoms with Gasteiger partial charge in [-0.1, -0.05) is 23.4 Å². The second-order valence-electron chi connectivity index (χ2n) is 5.92. The molecule has 0 aliphatic heterocycles. The molecule has 7 heteroatoms. The lowest BCUT2D eigenvalue weighted by Gasteiger charge is -2.15. The first-order chi connectivity index (χ1) is 12.2. The maximum Gasteiger partial charge on any atom is 0.190 e. The number of thiophene rings is 1. The van der Waals surface area contributed by atoms with Gasteiger partial charge in [0.15, 0.2) is 5.16 Å². The number of fused-ring (bicyclic) bond motifs is 3. The first-order valence-corrected chi connectivity index (χ1v) is 10.6. The molecule has 3 aromatic rings. The van der Waals surface area contributed by atoms with Gasteiger partial charge >= 0.3 is 0 Å². The van der Waals surface area contributed by atoms with E-state index in [-0.39, 0.29) is 0 Å². The summed E-state index contributed by atoms with van der Waals surface area (Å²) in [6.07, 6.45) is 6.72. The van der Waals surface area contributed by atoms with Gasteiger partial charge in [0.05, 0.1) is 18.2 Å². The molecule has 0 radical (unpaired) electrons. The summed E-state index contributed by atoms with van der Waals surface area (Å²) in [5.41, 5.74) is 2.22. The van der Waals surface area contributed by atoms with Crippen LogP contribution in [0.15, 0.2) is 23.4 Å². The fourth-order valence-corrected chi connectivity index (χ4v) is 5.08. The van der Waals surface area contributed by atoms with Gasteiger partial charge in [0.1, 0.15) is 16.4 Å². The van der Waals surface area contributed by atoms with Crippen LogP contribution in [0.2, 0.25) is 5.02 Å². The minimum Gasteiger partial charge on any atom is -0.495 e. The Labute approximate surface area is 160 Å². The van der Waals surface area contributed by atoms with E-state index in [4.69, 9.17) is 26.3 Å². The second-order valence-corrected chi connectivity index (χ2v) is 8.21. The van der Waals surface area contributed by atoms with Crippen LogP contribution in [0, 0.1) is 0 Å². The Kier molecular flexibility index (Phi) is 4.75. The summed E-state index contributed by atoms with van der Waals surface area (Å²) < 4.78 is 5.47. The molecule has 1 aliphatic rings. The molecule has 0 spiro atoms. The van der Waals surface area contributed by atoms with Crippen molar-refractivity contribution in [1.82, 2.24) is 9.97 Å². The van der Waals surface area contributed by atoms with Crippen molar-refractivity contribution < 1.29 is 4.74 Å². The molecule has 1 aromatic carbocycles. The van der Waals surface area contributed by atoms with Crippen LogP contribution >= 0.6 is 34.7 Å². The van der Waals surface area contributed by atoms with Gasteiger partial charge in [-0.05, 0) is 55.7 Å². The Hall–Kier alpha value is -1.50. The first-order valence-electron chi connectivity index (χ1n) is 8.16. The number of aryl methyl sites for hydroxylation is 2. The molecule has 0 atom stereocenters. The van der Waals surface area contributed by atoms with E-state index >= 15 is 0 Å². The van der Waals surface area contributed by atoms with Gasteiger partial charge in [0.2, 0.25) is 0 Å². The summed E-state index contributed by atoms with van der Waals surface area (Å²) in [5.74, 6) is 1.58. The molecule has 0 saturated heterocycles. The number of nitrogens with one attached hydrogen (secondary N) is 1. The topological polar surface area (TPSA) is 47.0 Å². The van der Waals surface area contributed by atoms with Gasteiger partial charge in [-0.2, -0.15) is 0 Å². The lowest BCUT2D eigenvalue weighted by atomic mass is 9.97. The van der Waals surface area contributed by atoms with Gasteiger partial charge in [0, 0.05) is 9.90 Å². The molecule has 25 heavy (non-hydrogen) atoms. The maximum atomic E-state index is 6.18. The number of rotatable bonds is 4. The van der Waals surface area contributed by atoms with Crippen LogP contribution in [0.4, 0.5) is 11.5 Å². The predicted molar refractivity (Wildman–Crippen MR) is 107 cm³/mol. The molecule has 2 heterocycles. The van der Waals surface area contributed by atoms with Crippen molar-refractivity contribution in [3.63, 3.8) is 0 Å². The lowest BCUT2D eigenvalue weighted by Crippen LogP contribution is -2.02. The van der Waals surface area contributed by atoms with E-state index in [0.29, 0.717) is 5.02 Å². The number of nitrogens with zero attached hydrogens (tertiary/aromatic N) is 2. The average Bonchev–Trinajstić information content (AvgIpc) is 3.00. The molecule has 0 unspecified atom stereocenters. The van der Waals surface area contributed by atoms with Gasteiger partial charge in [-0.3, -0.25) is 0 Å². The van der Waals surface area contributed by atoms with E-state index in [1.165, 1.54) is 23.3 Å². The number of hydrogen-bond donors (Lipinski definition) is 1. The molecule has 0 amide bonds. The van der Waals surface area contributed by atoms with Crippen LogP contribution in [0.5, 0.6) is 5.75 Å². The molecule has 2 aromatic heterocycles. The van der Waals surface area contributed by atoms with Gasteiger partial charge < -0.3 is 10.1 Å². The number of hydrogen-bond acceptors (Lipinski definition) is 6. The summed E-state index contributed by atoms with van der Waals surface area (Å²) in [4.78, 5) is 12.0. The fourth-order valence-electron chi connectivity index (χ4n) is 3.23. The highest BCUT2D eigenvalue weighted by molar-refractivity contribution is 7.98. The third-order valence-corrected chi connectivity index (χ3v) is 6.36. The summed E-state index contributed by atoms with van der Waals surface area (Å²) in [6.45, 7) is 0. The number of anilines is 2. The third kappa shape index (κ3) is 3.18. The number of halogens is 1. The standard InChI is InChI=1S/C18H18ClN3OS2/c1-23-13-8-7-10(19)9-12(13)20-16-15-11-5-3-4-6-14(11)25-17(15)22-18(21-16)24-2/h7-9H,3-6H2,1-2H3,(H,20,21,22). The molecule has 0 saturated carbocycles. The fraction of sp³-hybridized carbons (Fsp3) is 0.333. The van der Waals surface area contributed by atoms with Gasteiger partial charge in [-0.25, -0.2) is 9.97 Å². The Morgan fingerprint density at radius 1 is 1.24 bits per heavy atom. The van der Waals surface area contributed by atoms with Gasteiger partial charge in [0.25, 0.3) is 0 Å².